The SMILES string of the molecule is Cc1cccc2nc(C(=O)NC3CCC(NC(=O)c4cc(F)cnc4Oc4cccc(-c5ccc(CN6C[C@@H](C)N[C@@H](C)C6)cc5CN5CCOCC5C)c4)CC3)cn12. The number of halogens is 1. The van der Waals surface area contributed by atoms with Gasteiger partial charge in [0.2, 0.25) is 5.88 Å². The number of nitrogens with zero attached hydrogens (tertiary/aromatic N) is 5. The van der Waals surface area contributed by atoms with E-state index in [1.807, 2.05) is 47.7 Å². The van der Waals surface area contributed by atoms with Gasteiger partial charge in [0.25, 0.3) is 11.8 Å². The van der Waals surface area contributed by atoms with Crippen molar-refractivity contribution in [3.63, 3.8) is 0 Å². The molecule has 5 heterocycles. The lowest BCUT2D eigenvalue weighted by atomic mass is 9.91. The highest BCUT2D eigenvalue weighted by Crippen LogP contribution is 2.33. The van der Waals surface area contributed by atoms with Gasteiger partial charge in [0.05, 0.1) is 19.4 Å². The number of nitrogens with one attached hydrogen (secondary N) is 3. The Hall–Kier alpha value is -5.21. The molecule has 2 aliphatic heterocycles. The number of ether oxygens (including phenoxy) is 2. The summed E-state index contributed by atoms with van der Waals surface area (Å²) in [6.45, 7) is 14.6. The average Bonchev–Trinajstić information content (AvgIpc) is 3.66. The van der Waals surface area contributed by atoms with E-state index < -0.39 is 11.7 Å². The molecule has 0 spiro atoms. The Morgan fingerprint density at radius 3 is 2.41 bits per heavy atom. The van der Waals surface area contributed by atoms with Crippen LogP contribution in [0.2, 0.25) is 0 Å². The van der Waals surface area contributed by atoms with Crippen LogP contribution >= 0.6 is 0 Å². The van der Waals surface area contributed by atoms with Crippen molar-refractivity contribution < 1.29 is 23.5 Å². The molecule has 0 radical (unpaired) electrons. The summed E-state index contributed by atoms with van der Waals surface area (Å²) in [4.78, 5) is 40.4. The van der Waals surface area contributed by atoms with E-state index in [0.717, 1.165) is 61.4 Å². The quantitative estimate of drug-likeness (QED) is 0.137. The van der Waals surface area contributed by atoms with Crippen LogP contribution in [0.25, 0.3) is 16.8 Å². The molecule has 3 aromatic heterocycles. The van der Waals surface area contributed by atoms with Crippen molar-refractivity contribution in [2.75, 3.05) is 32.8 Å². The molecule has 3 fully saturated rings. The standard InChI is InChI=1S/C46H55FN8O4/c1-29-23-53(24-30(2)49-29)25-33-11-16-40(35(19-33)26-54-17-18-58-28-32(54)4)34-8-6-9-39(20-34)59-46-41(21-36(47)22-48-46)44(56)50-37-12-14-38(15-13-37)51-45(57)42-27-55-31(3)7-5-10-43(55)52-42/h5-11,16,19-22,27,29-30,32,37-38,49H,12-15,17-18,23-26,28H2,1-4H3,(H,50,56)(H,51,57)/t29-,30+,32?,37?,38?. The van der Waals surface area contributed by atoms with Gasteiger partial charge in [-0.05, 0) is 106 Å². The van der Waals surface area contributed by atoms with Crippen LogP contribution in [0.15, 0.2) is 79.1 Å². The summed E-state index contributed by atoms with van der Waals surface area (Å²) in [6.07, 6.45) is 5.49. The molecule has 1 unspecified atom stereocenters. The largest absolute Gasteiger partial charge is 0.438 e. The van der Waals surface area contributed by atoms with Crippen LogP contribution in [0.4, 0.5) is 4.39 Å². The Kier molecular flexibility index (Phi) is 12.3. The molecule has 2 amide bonds. The second-order valence-corrected chi connectivity index (χ2v) is 16.7. The summed E-state index contributed by atoms with van der Waals surface area (Å²) in [6, 6.07) is 22.5. The number of pyridine rings is 2. The highest BCUT2D eigenvalue weighted by Gasteiger charge is 2.28. The number of benzene rings is 2. The smallest absolute Gasteiger partial charge is 0.271 e. The molecule has 3 atom stereocenters. The Morgan fingerprint density at radius 2 is 1.66 bits per heavy atom. The molecule has 5 aromatic rings. The van der Waals surface area contributed by atoms with E-state index in [9.17, 15) is 14.0 Å². The third kappa shape index (κ3) is 9.82. The predicted octanol–water partition coefficient (Wildman–Crippen LogP) is 6.51. The molecule has 12 nitrogen and oxygen atoms in total. The number of rotatable bonds is 11. The van der Waals surface area contributed by atoms with Crippen LogP contribution in [-0.2, 0) is 17.8 Å². The molecule has 59 heavy (non-hydrogen) atoms. The topological polar surface area (TPSA) is 125 Å². The van der Waals surface area contributed by atoms with Crippen molar-refractivity contribution in [1.29, 1.82) is 0 Å². The van der Waals surface area contributed by atoms with Crippen molar-refractivity contribution in [1.82, 2.24) is 40.1 Å². The Labute approximate surface area is 345 Å². The summed E-state index contributed by atoms with van der Waals surface area (Å²) in [5.41, 5.74) is 6.70. The van der Waals surface area contributed by atoms with E-state index in [0.29, 0.717) is 68.5 Å². The Morgan fingerprint density at radius 1 is 0.915 bits per heavy atom. The van der Waals surface area contributed by atoms with Crippen LogP contribution < -0.4 is 20.7 Å². The number of morpholine rings is 1. The Balaban J connectivity index is 0.941. The zero-order valence-corrected chi connectivity index (χ0v) is 34.4. The second-order valence-electron chi connectivity index (χ2n) is 16.7. The van der Waals surface area contributed by atoms with Gasteiger partial charge in [-0.25, -0.2) is 14.4 Å². The predicted molar refractivity (Wildman–Crippen MR) is 225 cm³/mol. The summed E-state index contributed by atoms with van der Waals surface area (Å²) in [7, 11) is 0. The zero-order chi connectivity index (χ0) is 41.0. The fourth-order valence-electron chi connectivity index (χ4n) is 8.87. The van der Waals surface area contributed by atoms with Crippen molar-refractivity contribution in [3.05, 3.63) is 113 Å². The summed E-state index contributed by atoms with van der Waals surface area (Å²) < 4.78 is 28.6. The van der Waals surface area contributed by atoms with Gasteiger partial charge in [-0.2, -0.15) is 0 Å². The van der Waals surface area contributed by atoms with Gasteiger partial charge in [-0.15, -0.1) is 0 Å². The van der Waals surface area contributed by atoms with Crippen molar-refractivity contribution in [2.45, 2.75) is 96.7 Å². The number of aryl methyl sites for hydroxylation is 1. The highest BCUT2D eigenvalue weighted by atomic mass is 19.1. The molecular weight excluding hydrogens is 748 g/mol. The lowest BCUT2D eigenvalue weighted by Gasteiger charge is -2.36. The second kappa shape index (κ2) is 18.0. The molecule has 0 bridgehead atoms. The zero-order valence-electron chi connectivity index (χ0n) is 34.4. The third-order valence-electron chi connectivity index (χ3n) is 11.8. The molecule has 3 aliphatic rings. The highest BCUT2D eigenvalue weighted by molar-refractivity contribution is 5.96. The van der Waals surface area contributed by atoms with Crippen LogP contribution in [0.3, 0.4) is 0 Å². The van der Waals surface area contributed by atoms with Gasteiger partial charge >= 0.3 is 0 Å². The van der Waals surface area contributed by atoms with Gasteiger partial charge in [-0.1, -0.05) is 36.4 Å². The van der Waals surface area contributed by atoms with E-state index >= 15 is 0 Å². The summed E-state index contributed by atoms with van der Waals surface area (Å²) in [5, 5.41) is 9.81. The number of piperazine rings is 1. The van der Waals surface area contributed by atoms with E-state index in [-0.39, 0.29) is 29.4 Å². The van der Waals surface area contributed by atoms with Crippen molar-refractivity contribution in [3.8, 4) is 22.8 Å². The van der Waals surface area contributed by atoms with Crippen molar-refractivity contribution >= 4 is 17.5 Å². The van der Waals surface area contributed by atoms with Gasteiger partial charge in [-0.3, -0.25) is 19.4 Å². The fourth-order valence-corrected chi connectivity index (χ4v) is 8.87. The van der Waals surface area contributed by atoms with E-state index in [1.165, 1.54) is 17.2 Å². The fraction of sp³-hybridized carbons (Fsp3) is 0.435. The molecule has 2 aromatic carbocycles. The number of amides is 2. The van der Waals surface area contributed by atoms with Gasteiger partial charge in [0, 0.05) is 74.8 Å². The minimum atomic E-state index is -0.628. The number of carbonyl (C=O) groups excluding carboxylic acids is 2. The molecule has 1 aliphatic carbocycles. The third-order valence-corrected chi connectivity index (χ3v) is 11.8. The minimum Gasteiger partial charge on any atom is -0.438 e. The molecule has 13 heteroatoms. The number of carbonyl (C=O) groups is 2. The number of fused-ring (bicyclic) bond motifs is 1. The van der Waals surface area contributed by atoms with Gasteiger partial charge < -0.3 is 29.8 Å². The first-order valence-corrected chi connectivity index (χ1v) is 21.0. The maximum absolute atomic E-state index is 14.6. The van der Waals surface area contributed by atoms with Crippen LogP contribution in [0.5, 0.6) is 11.6 Å². The molecule has 8 rings (SSSR count). The molecule has 2 saturated heterocycles. The van der Waals surface area contributed by atoms with Crippen LogP contribution in [0.1, 0.15) is 84.1 Å². The number of hydrogen-bond donors (Lipinski definition) is 3. The monoisotopic (exact) mass is 802 g/mol. The summed E-state index contributed by atoms with van der Waals surface area (Å²) >= 11 is 0. The number of imidazole rings is 1. The maximum atomic E-state index is 14.6. The van der Waals surface area contributed by atoms with Gasteiger partial charge in [0.15, 0.2) is 0 Å². The first-order chi connectivity index (χ1) is 28.5. The molecular formula is C46H55FN8O4. The van der Waals surface area contributed by atoms with E-state index in [2.05, 4.69) is 80.8 Å². The lowest BCUT2D eigenvalue weighted by Crippen LogP contribution is -2.53. The first-order valence-electron chi connectivity index (χ1n) is 21.0. The number of aromatic nitrogens is 3. The van der Waals surface area contributed by atoms with Crippen molar-refractivity contribution in [2.24, 2.45) is 0 Å². The lowest BCUT2D eigenvalue weighted by molar-refractivity contribution is -0.00431. The normalized spacial score (nSPS) is 22.9. The molecule has 310 valence electrons. The number of hydrogen-bond acceptors (Lipinski definition) is 9. The van der Waals surface area contributed by atoms with E-state index in [4.69, 9.17) is 9.47 Å². The van der Waals surface area contributed by atoms with E-state index in [1.54, 1.807) is 6.20 Å². The summed E-state index contributed by atoms with van der Waals surface area (Å²) in [5.74, 6) is -0.779. The Bertz CT molecular complexity index is 2280. The maximum Gasteiger partial charge on any atom is 0.271 e. The molecule has 3 N–H and O–H groups in total. The average molecular weight is 803 g/mol. The van der Waals surface area contributed by atoms with Crippen LogP contribution in [0, 0.1) is 12.7 Å². The minimum absolute atomic E-state index is 0.0240. The van der Waals surface area contributed by atoms with Crippen LogP contribution in [-0.4, -0.2) is 99.0 Å². The first kappa shape index (κ1) is 40.6. The van der Waals surface area contributed by atoms with Gasteiger partial charge in [0.1, 0.15) is 28.5 Å². The molecule has 1 saturated carbocycles.